The molecule has 0 unspecified atom stereocenters. The molecule has 1 fully saturated rings. The van der Waals surface area contributed by atoms with E-state index < -0.39 is 0 Å². The Bertz CT molecular complexity index is 106. The van der Waals surface area contributed by atoms with Gasteiger partial charge >= 0.3 is 0 Å². The van der Waals surface area contributed by atoms with Crippen LogP contribution in [0.2, 0.25) is 0 Å². The van der Waals surface area contributed by atoms with E-state index in [-0.39, 0.29) is 0 Å². The summed E-state index contributed by atoms with van der Waals surface area (Å²) in [6.07, 6.45) is 5.77. The molecule has 0 bridgehead atoms. The van der Waals surface area contributed by atoms with E-state index in [0.717, 1.165) is 12.5 Å². The van der Waals surface area contributed by atoms with E-state index >= 15 is 0 Å². The quantitative estimate of drug-likeness (QED) is 0.674. The minimum Gasteiger partial charge on any atom is -0.377 e. The molecule has 0 spiro atoms. The molecule has 0 aromatic carbocycles. The van der Waals surface area contributed by atoms with Crippen LogP contribution in [0.4, 0.5) is 0 Å². The van der Waals surface area contributed by atoms with Gasteiger partial charge in [-0.2, -0.15) is 0 Å². The Balaban J connectivity index is 2.18. The van der Waals surface area contributed by atoms with Gasteiger partial charge in [0.05, 0.1) is 12.7 Å². The molecule has 0 saturated heterocycles. The first-order valence-electron chi connectivity index (χ1n) is 4.66. The van der Waals surface area contributed by atoms with Gasteiger partial charge in [0, 0.05) is 6.54 Å². The van der Waals surface area contributed by atoms with Crippen molar-refractivity contribution in [1.29, 1.82) is 0 Å². The Kier molecular flexibility index (Phi) is 3.87. The Morgan fingerprint density at radius 2 is 2.09 bits per heavy atom. The van der Waals surface area contributed by atoms with Crippen molar-refractivity contribution in [3.05, 3.63) is 0 Å². The maximum atomic E-state index is 5.62. The molecule has 0 aromatic rings. The lowest BCUT2D eigenvalue weighted by molar-refractivity contribution is -0.000781. The van der Waals surface area contributed by atoms with Gasteiger partial charge in [-0.05, 0) is 18.8 Å². The van der Waals surface area contributed by atoms with E-state index in [4.69, 9.17) is 10.5 Å². The van der Waals surface area contributed by atoms with Crippen LogP contribution in [0.3, 0.4) is 0 Å². The highest BCUT2D eigenvalue weighted by Gasteiger charge is 2.20. The fourth-order valence-corrected chi connectivity index (χ4v) is 1.75. The fraction of sp³-hybridized carbons (Fsp3) is 1.00. The van der Waals surface area contributed by atoms with Crippen LogP contribution in [0.1, 0.15) is 32.6 Å². The highest BCUT2D eigenvalue weighted by molar-refractivity contribution is 4.72. The van der Waals surface area contributed by atoms with Gasteiger partial charge in [0.25, 0.3) is 0 Å². The lowest BCUT2D eigenvalue weighted by atomic mass is 9.88. The highest BCUT2D eigenvalue weighted by atomic mass is 16.5. The number of ether oxygens (including phenoxy) is 1. The second-order valence-electron chi connectivity index (χ2n) is 3.46. The van der Waals surface area contributed by atoms with Crippen LogP contribution in [0.15, 0.2) is 0 Å². The second kappa shape index (κ2) is 4.73. The van der Waals surface area contributed by atoms with E-state index in [1.165, 1.54) is 25.7 Å². The lowest BCUT2D eigenvalue weighted by Crippen LogP contribution is -2.27. The van der Waals surface area contributed by atoms with Gasteiger partial charge in [0.1, 0.15) is 0 Å². The van der Waals surface area contributed by atoms with Crippen LogP contribution in [0.25, 0.3) is 0 Å². The van der Waals surface area contributed by atoms with Gasteiger partial charge in [0.2, 0.25) is 0 Å². The summed E-state index contributed by atoms with van der Waals surface area (Å²) in [4.78, 5) is 0. The zero-order valence-corrected chi connectivity index (χ0v) is 7.38. The molecule has 0 heterocycles. The van der Waals surface area contributed by atoms with Crippen LogP contribution in [0.5, 0.6) is 0 Å². The van der Waals surface area contributed by atoms with Gasteiger partial charge in [-0.25, -0.2) is 0 Å². The normalized spacial score (nSPS) is 32.2. The monoisotopic (exact) mass is 157 g/mol. The predicted octanol–water partition coefficient (Wildman–Crippen LogP) is 1.54. The number of rotatable bonds is 3. The van der Waals surface area contributed by atoms with Crippen molar-refractivity contribution in [2.24, 2.45) is 11.7 Å². The third-order valence-corrected chi connectivity index (χ3v) is 2.48. The summed E-state index contributed by atoms with van der Waals surface area (Å²) in [5, 5.41) is 0. The molecule has 1 rings (SSSR count). The summed E-state index contributed by atoms with van der Waals surface area (Å²) in [6, 6.07) is 0. The highest BCUT2D eigenvalue weighted by Crippen LogP contribution is 2.25. The average molecular weight is 157 g/mol. The molecule has 2 heteroatoms. The van der Waals surface area contributed by atoms with Crippen molar-refractivity contribution in [3.8, 4) is 0 Å². The first-order chi connectivity index (χ1) is 5.34. The molecule has 0 radical (unpaired) electrons. The molecule has 11 heavy (non-hydrogen) atoms. The molecule has 2 nitrogen and oxygen atoms in total. The Morgan fingerprint density at radius 3 is 2.73 bits per heavy atom. The van der Waals surface area contributed by atoms with Gasteiger partial charge in [0.15, 0.2) is 0 Å². The van der Waals surface area contributed by atoms with E-state index in [0.29, 0.717) is 12.6 Å². The zero-order chi connectivity index (χ0) is 8.10. The summed E-state index contributed by atoms with van der Waals surface area (Å²) < 4.78 is 5.62. The molecule has 2 atom stereocenters. The third-order valence-electron chi connectivity index (χ3n) is 2.48. The van der Waals surface area contributed by atoms with Crippen molar-refractivity contribution >= 4 is 0 Å². The van der Waals surface area contributed by atoms with Crippen LogP contribution < -0.4 is 5.73 Å². The molecule has 0 amide bonds. The number of hydrogen-bond acceptors (Lipinski definition) is 2. The van der Waals surface area contributed by atoms with Crippen molar-refractivity contribution in [1.82, 2.24) is 0 Å². The molecule has 2 N–H and O–H groups in total. The van der Waals surface area contributed by atoms with Gasteiger partial charge in [-0.3, -0.25) is 0 Å². The smallest absolute Gasteiger partial charge is 0.0601 e. The van der Waals surface area contributed by atoms with Gasteiger partial charge in [-0.1, -0.05) is 19.8 Å². The second-order valence-corrected chi connectivity index (χ2v) is 3.46. The van der Waals surface area contributed by atoms with E-state index in [1.54, 1.807) is 0 Å². The maximum absolute atomic E-state index is 5.62. The first-order valence-corrected chi connectivity index (χ1v) is 4.66. The Morgan fingerprint density at radius 1 is 1.36 bits per heavy atom. The summed E-state index contributed by atoms with van der Waals surface area (Å²) in [7, 11) is 0. The van der Waals surface area contributed by atoms with Crippen LogP contribution in [-0.2, 0) is 4.74 Å². The predicted molar refractivity (Wildman–Crippen MR) is 46.4 cm³/mol. The van der Waals surface area contributed by atoms with E-state index in [2.05, 4.69) is 6.92 Å². The third kappa shape index (κ3) is 2.80. The molecule has 66 valence electrons. The summed E-state index contributed by atoms with van der Waals surface area (Å²) >= 11 is 0. The standard InChI is InChI=1S/C9H19NO/c1-8-4-2-3-5-9(8)11-7-6-10/h8-9H,2-7,10H2,1H3/t8-,9+/m1/s1. The number of nitrogens with two attached hydrogens (primary N) is 1. The SMILES string of the molecule is C[C@@H]1CCCC[C@@H]1OCCN. The Labute approximate surface area is 69.1 Å². The van der Waals surface area contributed by atoms with Crippen molar-refractivity contribution in [3.63, 3.8) is 0 Å². The van der Waals surface area contributed by atoms with Gasteiger partial charge in [-0.15, -0.1) is 0 Å². The molecule has 1 aliphatic rings. The van der Waals surface area contributed by atoms with Crippen molar-refractivity contribution < 1.29 is 4.74 Å². The average Bonchev–Trinajstić information content (AvgIpc) is 2.03. The lowest BCUT2D eigenvalue weighted by Gasteiger charge is -2.28. The summed E-state index contributed by atoms with van der Waals surface area (Å²) in [6.45, 7) is 3.67. The summed E-state index contributed by atoms with van der Waals surface area (Å²) in [5.74, 6) is 0.746. The molecular formula is C9H19NO. The molecule has 0 aromatic heterocycles. The fourth-order valence-electron chi connectivity index (χ4n) is 1.75. The largest absolute Gasteiger partial charge is 0.377 e. The molecule has 1 aliphatic carbocycles. The van der Waals surface area contributed by atoms with Crippen LogP contribution in [0, 0.1) is 5.92 Å². The van der Waals surface area contributed by atoms with Crippen LogP contribution >= 0.6 is 0 Å². The minimum absolute atomic E-state index is 0.493. The minimum atomic E-state index is 0.493. The molecular weight excluding hydrogens is 138 g/mol. The Hall–Kier alpha value is -0.0800. The van der Waals surface area contributed by atoms with Crippen molar-refractivity contribution in [2.45, 2.75) is 38.7 Å². The molecule has 1 saturated carbocycles. The molecule has 0 aliphatic heterocycles. The van der Waals surface area contributed by atoms with Gasteiger partial charge < -0.3 is 10.5 Å². The zero-order valence-electron chi connectivity index (χ0n) is 7.38. The topological polar surface area (TPSA) is 35.2 Å². The van der Waals surface area contributed by atoms with Crippen LogP contribution in [-0.4, -0.2) is 19.3 Å². The van der Waals surface area contributed by atoms with E-state index in [1.807, 2.05) is 0 Å². The maximum Gasteiger partial charge on any atom is 0.0601 e. The summed E-state index contributed by atoms with van der Waals surface area (Å²) in [5.41, 5.74) is 5.37. The van der Waals surface area contributed by atoms with Crippen molar-refractivity contribution in [2.75, 3.05) is 13.2 Å². The first kappa shape index (κ1) is 9.01. The number of hydrogen-bond donors (Lipinski definition) is 1. The van der Waals surface area contributed by atoms with E-state index in [9.17, 15) is 0 Å².